The third-order valence-electron chi connectivity index (χ3n) is 3.95. The Labute approximate surface area is 166 Å². The van der Waals surface area contributed by atoms with Crippen LogP contribution in [0.3, 0.4) is 0 Å². The van der Waals surface area contributed by atoms with Gasteiger partial charge in [0, 0.05) is 13.7 Å². The van der Waals surface area contributed by atoms with E-state index in [4.69, 9.17) is 9.47 Å². The molecule has 0 heterocycles. The molecule has 28 heavy (non-hydrogen) atoms. The Morgan fingerprint density at radius 3 is 2.36 bits per heavy atom. The third kappa shape index (κ3) is 6.63. The van der Waals surface area contributed by atoms with Crippen LogP contribution in [0.15, 0.2) is 59.5 Å². The number of ether oxygens (including phenoxy) is 2. The van der Waals surface area contributed by atoms with Gasteiger partial charge in [0.1, 0.15) is 11.8 Å². The zero-order chi connectivity index (χ0) is 20.4. The van der Waals surface area contributed by atoms with Crippen molar-refractivity contribution in [2.75, 3.05) is 26.9 Å². The number of carbonyl (C=O) groups excluding carboxylic acids is 1. The second-order valence-corrected chi connectivity index (χ2v) is 7.77. The van der Waals surface area contributed by atoms with Gasteiger partial charge < -0.3 is 14.8 Å². The summed E-state index contributed by atoms with van der Waals surface area (Å²) in [5.74, 6) is 0.176. The highest BCUT2D eigenvalue weighted by molar-refractivity contribution is 7.89. The van der Waals surface area contributed by atoms with Gasteiger partial charge in [-0.25, -0.2) is 8.42 Å². The molecule has 0 fully saturated rings. The van der Waals surface area contributed by atoms with E-state index in [0.29, 0.717) is 25.5 Å². The number of benzene rings is 2. The van der Waals surface area contributed by atoms with Gasteiger partial charge >= 0.3 is 0 Å². The van der Waals surface area contributed by atoms with Gasteiger partial charge in [0.25, 0.3) is 0 Å². The summed E-state index contributed by atoms with van der Waals surface area (Å²) in [5, 5.41) is 2.69. The molecular formula is C20H26N2O5S. The molecule has 2 N–H and O–H groups in total. The molecule has 1 amide bonds. The van der Waals surface area contributed by atoms with Crippen molar-refractivity contribution in [2.45, 2.75) is 24.3 Å². The lowest BCUT2D eigenvalue weighted by Crippen LogP contribution is -2.48. The van der Waals surface area contributed by atoms with Crippen LogP contribution in [-0.4, -0.2) is 47.2 Å². The van der Waals surface area contributed by atoms with Gasteiger partial charge in [0.2, 0.25) is 15.9 Å². The summed E-state index contributed by atoms with van der Waals surface area (Å²) in [5.41, 5.74) is 0.851. The Kier molecular flexibility index (Phi) is 8.43. The van der Waals surface area contributed by atoms with Crippen molar-refractivity contribution in [3.05, 3.63) is 60.2 Å². The molecule has 0 aliphatic carbocycles. The maximum absolute atomic E-state index is 12.8. The van der Waals surface area contributed by atoms with Crippen LogP contribution in [-0.2, 0) is 26.0 Å². The molecule has 2 rings (SSSR count). The van der Waals surface area contributed by atoms with Gasteiger partial charge in [0.15, 0.2) is 0 Å². The first-order chi connectivity index (χ1) is 13.5. The molecule has 0 aliphatic heterocycles. The Bertz CT molecular complexity index is 839. The number of hydrogen-bond donors (Lipinski definition) is 2. The maximum Gasteiger partial charge on any atom is 0.241 e. The van der Waals surface area contributed by atoms with E-state index in [2.05, 4.69) is 10.0 Å². The molecule has 2 aromatic carbocycles. The van der Waals surface area contributed by atoms with Crippen LogP contribution in [0.25, 0.3) is 0 Å². The molecule has 0 bridgehead atoms. The fourth-order valence-electron chi connectivity index (χ4n) is 2.57. The number of sulfonamides is 1. The molecular weight excluding hydrogens is 380 g/mol. The maximum atomic E-state index is 12.8. The van der Waals surface area contributed by atoms with E-state index in [-0.39, 0.29) is 11.3 Å². The highest BCUT2D eigenvalue weighted by Gasteiger charge is 2.26. The largest absolute Gasteiger partial charge is 0.494 e. The van der Waals surface area contributed by atoms with Gasteiger partial charge in [-0.3, -0.25) is 4.79 Å². The zero-order valence-electron chi connectivity index (χ0n) is 16.1. The SMILES string of the molecule is CCOc1ccc(S(=O)(=O)N[C@@H](Cc2ccccc2)C(=O)NCCOC)cc1. The van der Waals surface area contributed by atoms with E-state index in [1.54, 1.807) is 12.1 Å². The van der Waals surface area contributed by atoms with Crippen LogP contribution < -0.4 is 14.8 Å². The summed E-state index contributed by atoms with van der Waals surface area (Å²) >= 11 is 0. The van der Waals surface area contributed by atoms with Crippen LogP contribution in [0.2, 0.25) is 0 Å². The standard InChI is InChI=1S/C20H26N2O5S/c1-3-27-17-9-11-18(12-10-17)28(24,25)22-19(20(23)21-13-14-26-2)15-16-7-5-4-6-8-16/h4-12,19,22H,3,13-15H2,1-2H3,(H,21,23)/t19-/m0/s1. The topological polar surface area (TPSA) is 93.7 Å². The highest BCUT2D eigenvalue weighted by atomic mass is 32.2. The molecule has 0 saturated carbocycles. The highest BCUT2D eigenvalue weighted by Crippen LogP contribution is 2.17. The van der Waals surface area contributed by atoms with E-state index in [1.165, 1.54) is 19.2 Å². The minimum Gasteiger partial charge on any atom is -0.494 e. The predicted octanol–water partition coefficient (Wildman–Crippen LogP) is 1.74. The molecule has 1 atom stereocenters. The van der Waals surface area contributed by atoms with Crippen LogP contribution in [0, 0.1) is 0 Å². The van der Waals surface area contributed by atoms with E-state index in [0.717, 1.165) is 5.56 Å². The molecule has 0 spiro atoms. The van der Waals surface area contributed by atoms with Gasteiger partial charge in [-0.2, -0.15) is 4.72 Å². The van der Waals surface area contributed by atoms with Crippen LogP contribution in [0.5, 0.6) is 5.75 Å². The van der Waals surface area contributed by atoms with Gasteiger partial charge in [-0.05, 0) is 43.2 Å². The Morgan fingerprint density at radius 1 is 1.07 bits per heavy atom. The third-order valence-corrected chi connectivity index (χ3v) is 5.43. The second kappa shape index (κ2) is 10.8. The summed E-state index contributed by atoms with van der Waals surface area (Å²) in [6.45, 7) is 2.98. The number of rotatable bonds is 11. The molecule has 0 radical (unpaired) electrons. The molecule has 0 saturated heterocycles. The molecule has 7 nitrogen and oxygen atoms in total. The van der Waals surface area contributed by atoms with Crippen molar-refractivity contribution in [3.63, 3.8) is 0 Å². The van der Waals surface area contributed by atoms with Gasteiger partial charge in [0.05, 0.1) is 18.1 Å². The lowest BCUT2D eigenvalue weighted by Gasteiger charge is -2.19. The summed E-state index contributed by atoms with van der Waals surface area (Å²) in [4.78, 5) is 12.6. The normalized spacial score (nSPS) is 12.4. The van der Waals surface area contributed by atoms with Gasteiger partial charge in [-0.15, -0.1) is 0 Å². The Balaban J connectivity index is 2.17. The van der Waals surface area contributed by atoms with Crippen molar-refractivity contribution in [1.82, 2.24) is 10.0 Å². The molecule has 2 aromatic rings. The fourth-order valence-corrected chi connectivity index (χ4v) is 3.77. The van der Waals surface area contributed by atoms with E-state index < -0.39 is 22.0 Å². The van der Waals surface area contributed by atoms with Crippen LogP contribution in [0.1, 0.15) is 12.5 Å². The van der Waals surface area contributed by atoms with Crippen molar-refractivity contribution in [1.29, 1.82) is 0 Å². The zero-order valence-corrected chi connectivity index (χ0v) is 16.9. The average Bonchev–Trinajstić information content (AvgIpc) is 2.69. The minimum atomic E-state index is -3.88. The fraction of sp³-hybridized carbons (Fsp3) is 0.350. The van der Waals surface area contributed by atoms with Crippen LogP contribution >= 0.6 is 0 Å². The van der Waals surface area contributed by atoms with E-state index >= 15 is 0 Å². The van der Waals surface area contributed by atoms with Crippen molar-refractivity contribution in [2.24, 2.45) is 0 Å². The first kappa shape index (κ1) is 21.9. The molecule has 0 aliphatic rings. The van der Waals surface area contributed by atoms with E-state index in [1.807, 2.05) is 37.3 Å². The smallest absolute Gasteiger partial charge is 0.241 e. The molecule has 0 unspecified atom stereocenters. The first-order valence-corrected chi connectivity index (χ1v) is 10.5. The number of amides is 1. The van der Waals surface area contributed by atoms with Crippen LogP contribution in [0.4, 0.5) is 0 Å². The van der Waals surface area contributed by atoms with E-state index in [9.17, 15) is 13.2 Å². The monoisotopic (exact) mass is 406 g/mol. The van der Waals surface area contributed by atoms with Crippen molar-refractivity contribution < 1.29 is 22.7 Å². The molecule has 0 aromatic heterocycles. The Hall–Kier alpha value is -2.42. The second-order valence-electron chi connectivity index (χ2n) is 6.05. The molecule has 8 heteroatoms. The Morgan fingerprint density at radius 2 is 1.75 bits per heavy atom. The summed E-state index contributed by atoms with van der Waals surface area (Å²) < 4.78 is 38.3. The number of methoxy groups -OCH3 is 1. The number of carbonyl (C=O) groups is 1. The minimum absolute atomic E-state index is 0.0682. The summed E-state index contributed by atoms with van der Waals surface area (Å²) in [7, 11) is -2.35. The average molecular weight is 407 g/mol. The first-order valence-electron chi connectivity index (χ1n) is 9.02. The van der Waals surface area contributed by atoms with Gasteiger partial charge in [-0.1, -0.05) is 30.3 Å². The summed E-state index contributed by atoms with van der Waals surface area (Å²) in [6, 6.07) is 14.4. The lowest BCUT2D eigenvalue weighted by atomic mass is 10.1. The quantitative estimate of drug-likeness (QED) is 0.555. The van der Waals surface area contributed by atoms with Crippen molar-refractivity contribution in [3.8, 4) is 5.75 Å². The summed E-state index contributed by atoms with van der Waals surface area (Å²) in [6.07, 6.45) is 0.232. The lowest BCUT2D eigenvalue weighted by molar-refractivity contribution is -0.122. The predicted molar refractivity (Wildman–Crippen MR) is 107 cm³/mol. The number of hydrogen-bond acceptors (Lipinski definition) is 5. The molecule has 152 valence electrons. The van der Waals surface area contributed by atoms with Crippen molar-refractivity contribution >= 4 is 15.9 Å². The number of nitrogens with one attached hydrogen (secondary N) is 2.